The van der Waals surface area contributed by atoms with Crippen LogP contribution in [0.4, 0.5) is 17.1 Å². The first kappa shape index (κ1) is 19.4. The van der Waals surface area contributed by atoms with Crippen LogP contribution in [0.1, 0.15) is 27.2 Å². The zero-order valence-electron chi connectivity index (χ0n) is 15.2. The summed E-state index contributed by atoms with van der Waals surface area (Å²) in [6.45, 7) is 0. The fraction of sp³-hybridized carbons (Fsp3) is 0. The van der Waals surface area contributed by atoms with Crippen molar-refractivity contribution in [3.63, 3.8) is 0 Å². The van der Waals surface area contributed by atoms with Gasteiger partial charge in [0.1, 0.15) is 5.76 Å². The molecule has 1 N–H and O–H groups in total. The van der Waals surface area contributed by atoms with Crippen molar-refractivity contribution in [3.8, 4) is 11.1 Å². The average Bonchev–Trinajstić information content (AvgIpc) is 3.33. The third kappa shape index (κ3) is 3.07. The molecule has 31 heavy (non-hydrogen) atoms. The zero-order chi connectivity index (χ0) is 22.4. The number of nitro benzene ring substituents is 3. The minimum Gasteiger partial charge on any atom is -0.478 e. The first-order valence-electron chi connectivity index (χ1n) is 8.48. The highest BCUT2D eigenvalue weighted by molar-refractivity contribution is 6.14. The maximum Gasteiger partial charge on any atom is 0.336 e. The van der Waals surface area contributed by atoms with E-state index in [0.29, 0.717) is 0 Å². The summed E-state index contributed by atoms with van der Waals surface area (Å²) in [6, 6.07) is 6.75. The van der Waals surface area contributed by atoms with Crippen LogP contribution in [0.2, 0.25) is 0 Å². The first-order valence-corrected chi connectivity index (χ1v) is 8.48. The van der Waals surface area contributed by atoms with Crippen LogP contribution in [0.3, 0.4) is 0 Å². The largest absolute Gasteiger partial charge is 0.478 e. The number of carboxylic acids is 1. The van der Waals surface area contributed by atoms with Crippen molar-refractivity contribution in [1.29, 1.82) is 0 Å². The lowest BCUT2D eigenvalue weighted by molar-refractivity contribution is -0.393. The van der Waals surface area contributed by atoms with Crippen molar-refractivity contribution in [2.24, 2.45) is 0 Å². The Bertz CT molecular complexity index is 1260. The minimum absolute atomic E-state index is 0.00435. The van der Waals surface area contributed by atoms with E-state index < -0.39 is 43.4 Å². The van der Waals surface area contributed by atoms with Crippen molar-refractivity contribution < 1.29 is 29.1 Å². The lowest BCUT2D eigenvalue weighted by Crippen LogP contribution is -2.03. The molecule has 0 saturated heterocycles. The van der Waals surface area contributed by atoms with Crippen LogP contribution in [0, 0.1) is 30.3 Å². The number of rotatable bonds is 5. The summed E-state index contributed by atoms with van der Waals surface area (Å²) in [5, 5.41) is 44.1. The molecule has 3 aromatic rings. The van der Waals surface area contributed by atoms with Gasteiger partial charge in [0.15, 0.2) is 0 Å². The van der Waals surface area contributed by atoms with E-state index in [9.17, 15) is 40.2 Å². The van der Waals surface area contributed by atoms with Crippen LogP contribution < -0.4 is 0 Å². The average molecular weight is 423 g/mol. The lowest BCUT2D eigenvalue weighted by Gasteiger charge is -2.06. The topological polar surface area (TPSA) is 180 Å². The van der Waals surface area contributed by atoms with Gasteiger partial charge in [-0.3, -0.25) is 30.3 Å². The zero-order valence-corrected chi connectivity index (χ0v) is 15.2. The van der Waals surface area contributed by atoms with Gasteiger partial charge in [-0.25, -0.2) is 4.79 Å². The predicted octanol–water partition coefficient (Wildman–Crippen LogP) is 4.27. The number of carbonyl (C=O) groups is 1. The number of nitrogens with zero attached hydrogens (tertiary/aromatic N) is 3. The molecule has 1 aliphatic carbocycles. The number of carboxylic acid groups (broad SMARTS) is 1. The van der Waals surface area contributed by atoms with Crippen LogP contribution in [0.5, 0.6) is 0 Å². The van der Waals surface area contributed by atoms with Gasteiger partial charge in [0.2, 0.25) is 0 Å². The Hall–Kier alpha value is -4.87. The van der Waals surface area contributed by atoms with Crippen LogP contribution in [0.25, 0.3) is 22.8 Å². The van der Waals surface area contributed by atoms with Crippen LogP contribution in [0.15, 0.2) is 47.1 Å². The summed E-state index contributed by atoms with van der Waals surface area (Å²) in [5.41, 5.74) is -2.53. The first-order chi connectivity index (χ1) is 14.7. The molecule has 0 bridgehead atoms. The number of hydrogen-bond acceptors (Lipinski definition) is 8. The van der Waals surface area contributed by atoms with Gasteiger partial charge in [-0.15, -0.1) is 0 Å². The van der Waals surface area contributed by atoms with Crippen LogP contribution in [-0.2, 0) is 0 Å². The van der Waals surface area contributed by atoms with E-state index in [-0.39, 0.29) is 33.6 Å². The molecule has 0 unspecified atom stereocenters. The molecule has 1 aromatic heterocycles. The number of non-ortho nitro benzene ring substituents is 2. The Morgan fingerprint density at radius 3 is 2.03 bits per heavy atom. The van der Waals surface area contributed by atoms with Gasteiger partial charge >= 0.3 is 5.97 Å². The number of hydrogen-bond donors (Lipinski definition) is 1. The lowest BCUT2D eigenvalue weighted by atomic mass is 9.97. The third-order valence-corrected chi connectivity index (χ3v) is 4.73. The minimum atomic E-state index is -1.54. The molecule has 0 aliphatic heterocycles. The van der Waals surface area contributed by atoms with Crippen molar-refractivity contribution in [2.45, 2.75) is 0 Å². The highest BCUT2D eigenvalue weighted by Crippen LogP contribution is 2.53. The molecule has 2 aromatic carbocycles. The van der Waals surface area contributed by atoms with Gasteiger partial charge in [0.05, 0.1) is 38.2 Å². The number of aromatic carboxylic acids is 1. The summed E-state index contributed by atoms with van der Waals surface area (Å²) >= 11 is 0. The Labute approximate surface area is 171 Å². The number of furan rings is 1. The van der Waals surface area contributed by atoms with Crippen molar-refractivity contribution in [3.05, 3.63) is 95.5 Å². The monoisotopic (exact) mass is 423 g/mol. The van der Waals surface area contributed by atoms with Crippen molar-refractivity contribution >= 4 is 34.7 Å². The predicted molar refractivity (Wildman–Crippen MR) is 104 cm³/mol. The van der Waals surface area contributed by atoms with E-state index in [2.05, 4.69) is 0 Å². The van der Waals surface area contributed by atoms with Gasteiger partial charge in [-0.2, -0.15) is 0 Å². The number of fused-ring (bicyclic) bond motifs is 3. The standard InChI is InChI=1S/C19H9N3O9/c23-19(24)15-6-9(20(25)26)4-13-12(8-11-2-1-3-31-11)14-5-10(21(27)28)7-16(22(29)30)18(14)17(13)15/h1-8H,(H,23,24)/b12-8-. The Balaban J connectivity index is 2.20. The molecular weight excluding hydrogens is 414 g/mol. The summed E-state index contributed by atoms with van der Waals surface area (Å²) in [7, 11) is 0. The maximum atomic E-state index is 11.9. The fourth-order valence-corrected chi connectivity index (χ4v) is 3.54. The Morgan fingerprint density at radius 2 is 1.52 bits per heavy atom. The Kier molecular flexibility index (Phi) is 4.31. The van der Waals surface area contributed by atoms with Crippen LogP contribution in [-0.4, -0.2) is 25.8 Å². The van der Waals surface area contributed by atoms with Gasteiger partial charge < -0.3 is 9.52 Å². The highest BCUT2D eigenvalue weighted by Gasteiger charge is 2.38. The molecule has 12 heteroatoms. The second kappa shape index (κ2) is 6.88. The van der Waals surface area contributed by atoms with Gasteiger partial charge in [-0.05, 0) is 29.3 Å². The van der Waals surface area contributed by atoms with E-state index in [1.807, 2.05) is 0 Å². The van der Waals surface area contributed by atoms with E-state index in [0.717, 1.165) is 24.3 Å². The maximum absolute atomic E-state index is 11.9. The van der Waals surface area contributed by atoms with Gasteiger partial charge in [-0.1, -0.05) is 0 Å². The molecule has 154 valence electrons. The molecule has 0 spiro atoms. The van der Waals surface area contributed by atoms with Crippen molar-refractivity contribution in [2.75, 3.05) is 0 Å². The second-order valence-electron chi connectivity index (χ2n) is 6.45. The normalized spacial score (nSPS) is 13.0. The molecule has 0 fully saturated rings. The SMILES string of the molecule is O=C(O)c1cc([N+](=O)[O-])cc2c1-c1c(cc([N+](=O)[O-])cc1[N+](=O)[O-])/C2=C\c1ccco1. The van der Waals surface area contributed by atoms with Crippen LogP contribution >= 0.6 is 0 Å². The van der Waals surface area contributed by atoms with Gasteiger partial charge in [0, 0.05) is 29.3 Å². The summed E-state index contributed by atoms with van der Waals surface area (Å²) in [4.78, 5) is 43.8. The van der Waals surface area contributed by atoms with E-state index in [1.54, 1.807) is 6.07 Å². The van der Waals surface area contributed by atoms with Gasteiger partial charge in [0.25, 0.3) is 17.1 Å². The summed E-state index contributed by atoms with van der Waals surface area (Å²) in [5.74, 6) is -1.29. The smallest absolute Gasteiger partial charge is 0.336 e. The Morgan fingerprint density at radius 1 is 0.903 bits per heavy atom. The molecule has 4 rings (SSSR count). The molecule has 1 aliphatic rings. The molecule has 0 radical (unpaired) electrons. The molecule has 12 nitrogen and oxygen atoms in total. The molecule has 0 saturated carbocycles. The number of benzene rings is 2. The van der Waals surface area contributed by atoms with E-state index in [4.69, 9.17) is 4.42 Å². The molecule has 1 heterocycles. The second-order valence-corrected chi connectivity index (χ2v) is 6.45. The summed E-state index contributed by atoms with van der Waals surface area (Å²) in [6.07, 6.45) is 2.72. The quantitative estimate of drug-likeness (QED) is 0.362. The van der Waals surface area contributed by atoms with Crippen molar-refractivity contribution in [1.82, 2.24) is 0 Å². The molecular formula is C19H9N3O9. The third-order valence-electron chi connectivity index (χ3n) is 4.73. The molecule has 0 atom stereocenters. The van der Waals surface area contributed by atoms with E-state index >= 15 is 0 Å². The fourth-order valence-electron chi connectivity index (χ4n) is 3.54. The summed E-state index contributed by atoms with van der Waals surface area (Å²) < 4.78 is 5.24. The van der Waals surface area contributed by atoms with E-state index in [1.165, 1.54) is 18.4 Å². The molecule has 0 amide bonds. The highest BCUT2D eigenvalue weighted by atomic mass is 16.6. The number of nitro groups is 3.